The van der Waals surface area contributed by atoms with E-state index in [0.29, 0.717) is 11.4 Å². The van der Waals surface area contributed by atoms with Gasteiger partial charge in [0.05, 0.1) is 31.1 Å². The van der Waals surface area contributed by atoms with Gasteiger partial charge in [-0.15, -0.1) is 0 Å². The van der Waals surface area contributed by atoms with Gasteiger partial charge in [0.2, 0.25) is 5.91 Å². The molecule has 2 amide bonds. The number of ether oxygens (including phenoxy) is 1. The Labute approximate surface area is 211 Å². The van der Waals surface area contributed by atoms with E-state index in [1.807, 2.05) is 6.92 Å². The van der Waals surface area contributed by atoms with Gasteiger partial charge in [-0.25, -0.2) is 13.4 Å². The molecule has 196 valence electrons. The first-order chi connectivity index (χ1) is 17.0. The lowest BCUT2D eigenvalue weighted by Crippen LogP contribution is -2.50. The molecule has 12 heteroatoms. The van der Waals surface area contributed by atoms with Crippen molar-refractivity contribution >= 4 is 27.5 Å². The minimum Gasteiger partial charge on any atom is -0.488 e. The number of sulfonamides is 1. The lowest BCUT2D eigenvalue weighted by atomic mass is 9.99. The van der Waals surface area contributed by atoms with E-state index in [9.17, 15) is 23.1 Å². The van der Waals surface area contributed by atoms with Crippen molar-refractivity contribution in [2.45, 2.75) is 43.9 Å². The summed E-state index contributed by atoms with van der Waals surface area (Å²) in [6.45, 7) is 3.67. The van der Waals surface area contributed by atoms with Crippen LogP contribution >= 0.6 is 0 Å². The van der Waals surface area contributed by atoms with Gasteiger partial charge in [-0.05, 0) is 38.0 Å². The first-order valence-corrected chi connectivity index (χ1v) is 13.4. The zero-order chi connectivity index (χ0) is 26.2. The minimum atomic E-state index is -3.85. The molecule has 3 atom stereocenters. The Hall–Kier alpha value is -2.96. The van der Waals surface area contributed by atoms with Crippen LogP contribution in [0.4, 0.5) is 5.69 Å². The largest absolute Gasteiger partial charge is 0.488 e. The summed E-state index contributed by atoms with van der Waals surface area (Å²) in [7, 11) is -0.693. The van der Waals surface area contributed by atoms with E-state index < -0.39 is 22.2 Å². The van der Waals surface area contributed by atoms with E-state index in [2.05, 4.69) is 10.3 Å². The van der Waals surface area contributed by atoms with Gasteiger partial charge in [-0.3, -0.25) is 9.59 Å². The number of aliphatic hydroxyl groups is 1. The van der Waals surface area contributed by atoms with E-state index in [-0.39, 0.29) is 53.9 Å². The zero-order valence-electron chi connectivity index (χ0n) is 20.9. The van der Waals surface area contributed by atoms with E-state index in [1.54, 1.807) is 41.6 Å². The molecule has 0 spiro atoms. The predicted molar refractivity (Wildman–Crippen MR) is 132 cm³/mol. The number of rotatable bonds is 8. The van der Waals surface area contributed by atoms with E-state index in [0.717, 1.165) is 12.8 Å². The number of anilines is 1. The number of aryl methyl sites for hydroxylation is 1. The maximum Gasteiger partial charge on any atom is 0.261 e. The van der Waals surface area contributed by atoms with Crippen LogP contribution < -0.4 is 10.1 Å². The molecule has 2 aliphatic rings. The number of imidazole rings is 1. The topological polar surface area (TPSA) is 134 Å². The quantitative estimate of drug-likeness (QED) is 0.537. The third-order valence-corrected chi connectivity index (χ3v) is 8.38. The van der Waals surface area contributed by atoms with Crippen molar-refractivity contribution in [2.24, 2.45) is 18.9 Å². The molecule has 2 N–H and O–H groups in total. The van der Waals surface area contributed by atoms with Crippen LogP contribution in [0.1, 0.15) is 37.0 Å². The monoisotopic (exact) mass is 519 g/mol. The van der Waals surface area contributed by atoms with Crippen LogP contribution in [0.15, 0.2) is 35.7 Å². The number of benzene rings is 1. The number of carbonyl (C=O) groups excluding carboxylic acids is 2. The number of aliphatic hydroxyl groups excluding tert-OH is 1. The Bertz CT molecular complexity index is 1240. The predicted octanol–water partition coefficient (Wildman–Crippen LogP) is 1.31. The maximum absolute atomic E-state index is 13.5. The molecular formula is C24H33N5O6S. The molecule has 1 aliphatic heterocycles. The molecule has 1 fully saturated rings. The summed E-state index contributed by atoms with van der Waals surface area (Å²) in [5.74, 6) is -0.366. The number of amides is 2. The molecule has 2 heterocycles. The molecule has 0 radical (unpaired) electrons. The highest BCUT2D eigenvalue weighted by atomic mass is 32.2. The number of hydrogen-bond donors (Lipinski definition) is 2. The first-order valence-electron chi connectivity index (χ1n) is 12.0. The van der Waals surface area contributed by atoms with Crippen molar-refractivity contribution in [3.8, 4) is 5.75 Å². The second-order valence-electron chi connectivity index (χ2n) is 9.76. The summed E-state index contributed by atoms with van der Waals surface area (Å²) < 4.78 is 35.1. The number of nitrogens with one attached hydrogen (secondary N) is 1. The Balaban J connectivity index is 1.64. The summed E-state index contributed by atoms with van der Waals surface area (Å²) in [5.41, 5.74) is 0.732. The summed E-state index contributed by atoms with van der Waals surface area (Å²) in [4.78, 5) is 31.3. The molecule has 0 bridgehead atoms. The van der Waals surface area contributed by atoms with Crippen molar-refractivity contribution in [1.29, 1.82) is 0 Å². The molecule has 1 saturated carbocycles. The molecule has 1 aliphatic carbocycles. The molecule has 11 nitrogen and oxygen atoms in total. The lowest BCUT2D eigenvalue weighted by Gasteiger charge is -2.38. The molecule has 1 aromatic carbocycles. The zero-order valence-corrected chi connectivity index (χ0v) is 21.7. The number of aromatic nitrogens is 2. The van der Waals surface area contributed by atoms with Gasteiger partial charge in [0.15, 0.2) is 5.03 Å². The number of nitrogens with zero attached hydrogens (tertiary/aromatic N) is 4. The van der Waals surface area contributed by atoms with Crippen LogP contribution in [-0.2, 0) is 21.9 Å². The Morgan fingerprint density at radius 1 is 1.36 bits per heavy atom. The number of likely N-dealkylation sites (N-methyl/N-ethyl adjacent to an activating group) is 1. The maximum atomic E-state index is 13.5. The average molecular weight is 520 g/mol. The van der Waals surface area contributed by atoms with Crippen LogP contribution in [0, 0.1) is 11.8 Å². The highest BCUT2D eigenvalue weighted by Gasteiger charge is 2.36. The molecule has 0 saturated heterocycles. The van der Waals surface area contributed by atoms with Crippen LogP contribution in [0.2, 0.25) is 0 Å². The number of carbonyl (C=O) groups is 2. The number of hydrogen-bond acceptors (Lipinski definition) is 7. The fourth-order valence-electron chi connectivity index (χ4n) is 4.14. The van der Waals surface area contributed by atoms with Crippen molar-refractivity contribution in [2.75, 3.05) is 32.1 Å². The van der Waals surface area contributed by atoms with Gasteiger partial charge in [0.1, 0.15) is 11.9 Å². The third kappa shape index (κ3) is 5.40. The first kappa shape index (κ1) is 26.1. The van der Waals surface area contributed by atoms with Gasteiger partial charge >= 0.3 is 0 Å². The molecule has 2 aromatic rings. The summed E-state index contributed by atoms with van der Waals surface area (Å²) in [6, 6.07) is 4.40. The van der Waals surface area contributed by atoms with Gasteiger partial charge in [0.25, 0.3) is 15.9 Å². The third-order valence-electron chi connectivity index (χ3n) is 6.67. The Morgan fingerprint density at radius 3 is 2.69 bits per heavy atom. The van der Waals surface area contributed by atoms with Gasteiger partial charge in [0, 0.05) is 44.4 Å². The second kappa shape index (κ2) is 10.2. The van der Waals surface area contributed by atoms with Crippen molar-refractivity contribution in [1.82, 2.24) is 18.8 Å². The smallest absolute Gasteiger partial charge is 0.261 e. The Morgan fingerprint density at radius 2 is 2.08 bits per heavy atom. The minimum absolute atomic E-state index is 0.00620. The molecule has 4 rings (SSSR count). The average Bonchev–Trinajstić information content (AvgIpc) is 3.61. The molecule has 1 aromatic heterocycles. The van der Waals surface area contributed by atoms with Crippen LogP contribution in [-0.4, -0.2) is 83.0 Å². The molecule has 0 unspecified atom stereocenters. The van der Waals surface area contributed by atoms with Crippen molar-refractivity contribution < 1.29 is 27.9 Å². The summed E-state index contributed by atoms with van der Waals surface area (Å²) in [5, 5.41) is 12.6. The van der Waals surface area contributed by atoms with E-state index in [4.69, 9.17) is 4.74 Å². The standard InChI is InChI=1S/C24H33N5O6S/c1-15-10-29(16(2)13-30)24(32)19-9-18(26-23(31)17-5-6-17)7-8-20(19)35-21(15)11-28(4)36(33,34)22-12-27(3)14-25-22/h7-9,12,14-17,21,30H,5-6,10-11,13H2,1-4H3,(H,26,31)/t15-,16+,21-/m0/s1. The van der Waals surface area contributed by atoms with E-state index >= 15 is 0 Å². The lowest BCUT2D eigenvalue weighted by molar-refractivity contribution is -0.117. The normalized spacial score (nSPS) is 21.4. The molecule has 36 heavy (non-hydrogen) atoms. The fraction of sp³-hybridized carbons (Fsp3) is 0.542. The fourth-order valence-corrected chi connectivity index (χ4v) is 5.28. The van der Waals surface area contributed by atoms with Gasteiger partial charge in [-0.1, -0.05) is 6.92 Å². The van der Waals surface area contributed by atoms with E-state index in [1.165, 1.54) is 23.9 Å². The highest BCUT2D eigenvalue weighted by Crippen LogP contribution is 2.33. The molecular weight excluding hydrogens is 486 g/mol. The van der Waals surface area contributed by atoms with Crippen LogP contribution in [0.3, 0.4) is 0 Å². The van der Waals surface area contributed by atoms with Gasteiger partial charge < -0.3 is 24.6 Å². The summed E-state index contributed by atoms with van der Waals surface area (Å²) in [6.07, 6.45) is 3.97. The second-order valence-corrected chi connectivity index (χ2v) is 11.8. The highest BCUT2D eigenvalue weighted by molar-refractivity contribution is 7.89. The SMILES string of the molecule is C[C@H](CO)N1C[C@H](C)[C@H](CN(C)S(=O)(=O)c2cn(C)cn2)Oc2ccc(NC(=O)C3CC3)cc2C1=O. The van der Waals surface area contributed by atoms with Crippen LogP contribution in [0.25, 0.3) is 0 Å². The van der Waals surface area contributed by atoms with Crippen molar-refractivity contribution in [3.63, 3.8) is 0 Å². The van der Waals surface area contributed by atoms with Crippen LogP contribution in [0.5, 0.6) is 5.75 Å². The summed E-state index contributed by atoms with van der Waals surface area (Å²) >= 11 is 0. The number of fused-ring (bicyclic) bond motifs is 1. The van der Waals surface area contributed by atoms with Gasteiger partial charge in [-0.2, -0.15) is 4.31 Å². The Kier molecular flexibility index (Phi) is 7.39. The van der Waals surface area contributed by atoms with Crippen molar-refractivity contribution in [3.05, 3.63) is 36.3 Å².